The number of nitro groups is 1. The number of nitrogens with zero attached hydrogens (tertiary/aromatic N) is 2. The lowest BCUT2D eigenvalue weighted by Gasteiger charge is -2.19. The second kappa shape index (κ2) is 7.00. The number of hydrazone groups is 1. The molecule has 2 aromatic rings. The number of benzene rings is 2. The summed E-state index contributed by atoms with van der Waals surface area (Å²) < 4.78 is 11.0. The number of nitrogens with one attached hydrogen (secondary N) is 1. The maximum atomic E-state index is 12.2. The first-order valence-corrected chi connectivity index (χ1v) is 7.54. The van der Waals surface area contributed by atoms with Crippen LogP contribution in [-0.4, -0.2) is 30.3 Å². The van der Waals surface area contributed by atoms with Gasteiger partial charge in [-0.1, -0.05) is 12.1 Å². The van der Waals surface area contributed by atoms with Crippen LogP contribution in [0.25, 0.3) is 0 Å². The molecule has 0 spiro atoms. The van der Waals surface area contributed by atoms with Crippen LogP contribution >= 0.6 is 0 Å². The molecule has 25 heavy (non-hydrogen) atoms. The predicted molar refractivity (Wildman–Crippen MR) is 90.3 cm³/mol. The van der Waals surface area contributed by atoms with Crippen LogP contribution in [0.4, 0.5) is 5.69 Å². The van der Waals surface area contributed by atoms with Crippen molar-refractivity contribution >= 4 is 17.8 Å². The minimum atomic E-state index is -0.528. The Morgan fingerprint density at radius 1 is 1.24 bits per heavy atom. The van der Waals surface area contributed by atoms with E-state index in [0.717, 1.165) is 0 Å². The molecule has 128 valence electrons. The van der Waals surface area contributed by atoms with E-state index in [1.54, 1.807) is 18.2 Å². The lowest BCUT2D eigenvalue weighted by Crippen LogP contribution is -2.19. The second-order valence-corrected chi connectivity index (χ2v) is 5.28. The van der Waals surface area contributed by atoms with Crippen molar-refractivity contribution in [2.45, 2.75) is 6.92 Å². The van der Waals surface area contributed by atoms with Gasteiger partial charge in [0, 0.05) is 17.2 Å². The summed E-state index contributed by atoms with van der Waals surface area (Å²) in [5.41, 5.74) is 3.40. The molecule has 0 saturated heterocycles. The summed E-state index contributed by atoms with van der Waals surface area (Å²) in [6, 6.07) is 9.68. The van der Waals surface area contributed by atoms with E-state index in [-0.39, 0.29) is 16.8 Å². The SMILES string of the molecule is Cc1c(C(=O)N/N=C\c2cccc3c2OCCO3)cccc1[N+](=O)[O-]. The maximum absolute atomic E-state index is 12.2. The number of fused-ring (bicyclic) bond motifs is 1. The molecule has 1 aliphatic rings. The van der Waals surface area contributed by atoms with Gasteiger partial charge in [-0.15, -0.1) is 0 Å². The molecule has 0 radical (unpaired) electrons. The van der Waals surface area contributed by atoms with Crippen LogP contribution in [0.1, 0.15) is 21.5 Å². The van der Waals surface area contributed by atoms with Crippen LogP contribution in [0.5, 0.6) is 11.5 Å². The highest BCUT2D eigenvalue weighted by Crippen LogP contribution is 2.32. The number of nitro benzene ring substituents is 1. The molecule has 0 fully saturated rings. The predicted octanol–water partition coefficient (Wildman–Crippen LogP) is 2.44. The molecular weight excluding hydrogens is 326 g/mol. The van der Waals surface area contributed by atoms with E-state index in [1.807, 2.05) is 0 Å². The third kappa shape index (κ3) is 3.42. The zero-order chi connectivity index (χ0) is 17.8. The van der Waals surface area contributed by atoms with Gasteiger partial charge in [0.2, 0.25) is 0 Å². The Morgan fingerprint density at radius 2 is 2.00 bits per heavy atom. The topological polar surface area (TPSA) is 103 Å². The molecule has 2 aromatic carbocycles. The number of para-hydroxylation sites is 1. The number of amides is 1. The highest BCUT2D eigenvalue weighted by atomic mass is 16.6. The highest BCUT2D eigenvalue weighted by Gasteiger charge is 2.18. The quantitative estimate of drug-likeness (QED) is 0.523. The van der Waals surface area contributed by atoms with Gasteiger partial charge in [-0.3, -0.25) is 14.9 Å². The number of carbonyl (C=O) groups excluding carboxylic acids is 1. The Kier molecular flexibility index (Phi) is 4.60. The number of hydrogen-bond donors (Lipinski definition) is 1. The van der Waals surface area contributed by atoms with Gasteiger partial charge in [0.15, 0.2) is 11.5 Å². The Labute approximate surface area is 143 Å². The van der Waals surface area contributed by atoms with Gasteiger partial charge in [0.25, 0.3) is 11.6 Å². The van der Waals surface area contributed by atoms with Gasteiger partial charge in [0.05, 0.1) is 16.7 Å². The van der Waals surface area contributed by atoms with Crippen molar-refractivity contribution in [3.8, 4) is 11.5 Å². The minimum absolute atomic E-state index is 0.112. The molecule has 0 bridgehead atoms. The number of carbonyl (C=O) groups is 1. The van der Waals surface area contributed by atoms with E-state index in [9.17, 15) is 14.9 Å². The van der Waals surface area contributed by atoms with Crippen LogP contribution in [0.2, 0.25) is 0 Å². The van der Waals surface area contributed by atoms with Crippen molar-refractivity contribution in [3.63, 3.8) is 0 Å². The summed E-state index contributed by atoms with van der Waals surface area (Å²) in [5.74, 6) is 0.661. The van der Waals surface area contributed by atoms with Gasteiger partial charge < -0.3 is 9.47 Å². The van der Waals surface area contributed by atoms with E-state index in [1.165, 1.54) is 31.3 Å². The molecule has 0 atom stereocenters. The van der Waals surface area contributed by atoms with Crippen molar-refractivity contribution < 1.29 is 19.2 Å². The standard InChI is InChI=1S/C17H15N3O5/c1-11-13(5-3-6-14(11)20(22)23)17(21)19-18-10-12-4-2-7-15-16(12)25-9-8-24-15/h2-7,10H,8-9H2,1H3,(H,19,21)/b18-10-. The lowest BCUT2D eigenvalue weighted by atomic mass is 10.1. The molecule has 1 N–H and O–H groups in total. The maximum Gasteiger partial charge on any atom is 0.273 e. The van der Waals surface area contributed by atoms with Crippen LogP contribution in [0.15, 0.2) is 41.5 Å². The summed E-state index contributed by atoms with van der Waals surface area (Å²) in [6.45, 7) is 2.45. The molecule has 1 aliphatic heterocycles. The Bertz CT molecular complexity index is 863. The molecule has 8 nitrogen and oxygen atoms in total. The zero-order valence-corrected chi connectivity index (χ0v) is 13.4. The minimum Gasteiger partial charge on any atom is -0.486 e. The van der Waals surface area contributed by atoms with E-state index < -0.39 is 10.8 Å². The Balaban J connectivity index is 1.76. The largest absolute Gasteiger partial charge is 0.486 e. The second-order valence-electron chi connectivity index (χ2n) is 5.28. The molecule has 8 heteroatoms. The molecule has 0 saturated carbocycles. The zero-order valence-electron chi connectivity index (χ0n) is 13.4. The molecular formula is C17H15N3O5. The fourth-order valence-corrected chi connectivity index (χ4v) is 2.49. The van der Waals surface area contributed by atoms with Crippen molar-refractivity contribution in [2.24, 2.45) is 5.10 Å². The van der Waals surface area contributed by atoms with Gasteiger partial charge in [-0.2, -0.15) is 5.10 Å². The van der Waals surface area contributed by atoms with E-state index in [0.29, 0.717) is 30.3 Å². The monoisotopic (exact) mass is 341 g/mol. The summed E-state index contributed by atoms with van der Waals surface area (Å²) in [6.07, 6.45) is 1.44. The average molecular weight is 341 g/mol. The number of hydrogen-bond acceptors (Lipinski definition) is 6. The highest BCUT2D eigenvalue weighted by molar-refractivity contribution is 5.97. The molecule has 0 aromatic heterocycles. The summed E-state index contributed by atoms with van der Waals surface area (Å²) in [4.78, 5) is 22.6. The van der Waals surface area contributed by atoms with Crippen LogP contribution in [0.3, 0.4) is 0 Å². The molecule has 3 rings (SSSR count). The molecule has 0 aliphatic carbocycles. The first-order chi connectivity index (χ1) is 12.1. The summed E-state index contributed by atoms with van der Waals surface area (Å²) in [5, 5.41) is 14.9. The van der Waals surface area contributed by atoms with Gasteiger partial charge in [-0.05, 0) is 25.1 Å². The number of ether oxygens (including phenoxy) is 2. The van der Waals surface area contributed by atoms with E-state index in [4.69, 9.17) is 9.47 Å². The lowest BCUT2D eigenvalue weighted by molar-refractivity contribution is -0.385. The van der Waals surface area contributed by atoms with Crippen molar-refractivity contribution in [2.75, 3.05) is 13.2 Å². The van der Waals surface area contributed by atoms with Crippen LogP contribution < -0.4 is 14.9 Å². The smallest absolute Gasteiger partial charge is 0.273 e. The normalized spacial score (nSPS) is 12.8. The molecule has 0 unspecified atom stereocenters. The molecule has 1 amide bonds. The van der Waals surface area contributed by atoms with E-state index in [2.05, 4.69) is 10.5 Å². The average Bonchev–Trinajstić information content (AvgIpc) is 2.61. The first kappa shape index (κ1) is 16.4. The summed E-state index contributed by atoms with van der Waals surface area (Å²) in [7, 11) is 0. The Hall–Kier alpha value is -3.42. The van der Waals surface area contributed by atoms with Gasteiger partial charge in [0.1, 0.15) is 13.2 Å². The van der Waals surface area contributed by atoms with Crippen LogP contribution in [0, 0.1) is 17.0 Å². The third-order valence-corrected chi connectivity index (χ3v) is 3.71. The van der Waals surface area contributed by atoms with Crippen molar-refractivity contribution in [1.29, 1.82) is 0 Å². The summed E-state index contributed by atoms with van der Waals surface area (Å²) >= 11 is 0. The van der Waals surface area contributed by atoms with Crippen molar-refractivity contribution in [3.05, 3.63) is 63.2 Å². The van der Waals surface area contributed by atoms with Gasteiger partial charge >= 0.3 is 0 Å². The van der Waals surface area contributed by atoms with E-state index >= 15 is 0 Å². The van der Waals surface area contributed by atoms with Crippen molar-refractivity contribution in [1.82, 2.24) is 5.43 Å². The Morgan fingerprint density at radius 3 is 2.80 bits per heavy atom. The molecule has 1 heterocycles. The van der Waals surface area contributed by atoms with Crippen LogP contribution in [-0.2, 0) is 0 Å². The number of rotatable bonds is 4. The fraction of sp³-hybridized carbons (Fsp3) is 0.176. The van der Waals surface area contributed by atoms with Gasteiger partial charge in [-0.25, -0.2) is 5.43 Å². The third-order valence-electron chi connectivity index (χ3n) is 3.71. The first-order valence-electron chi connectivity index (χ1n) is 7.54. The fourth-order valence-electron chi connectivity index (χ4n) is 2.49.